The first-order valence-electron chi connectivity index (χ1n) is 8.00. The van der Waals surface area contributed by atoms with Gasteiger partial charge in [-0.1, -0.05) is 0 Å². The van der Waals surface area contributed by atoms with E-state index in [-0.39, 0.29) is 28.5 Å². The fourth-order valence-electron chi connectivity index (χ4n) is 2.53. The molecule has 0 radical (unpaired) electrons. The van der Waals surface area contributed by atoms with Crippen LogP contribution in [0.2, 0.25) is 0 Å². The number of amides is 2. The zero-order chi connectivity index (χ0) is 20.3. The molecule has 0 aliphatic rings. The van der Waals surface area contributed by atoms with Crippen molar-refractivity contribution in [1.82, 2.24) is 9.55 Å². The summed E-state index contributed by atoms with van der Waals surface area (Å²) in [5, 5.41) is 16.2. The predicted molar refractivity (Wildman–Crippen MR) is 98.9 cm³/mol. The van der Waals surface area contributed by atoms with E-state index in [0.29, 0.717) is 5.69 Å². The number of hydrogen-bond acceptors (Lipinski definition) is 5. The van der Waals surface area contributed by atoms with E-state index in [1.807, 2.05) is 0 Å². The summed E-state index contributed by atoms with van der Waals surface area (Å²) in [7, 11) is 0. The van der Waals surface area contributed by atoms with E-state index in [1.165, 1.54) is 54.5 Å². The molecule has 0 saturated heterocycles. The number of nitrogens with one attached hydrogen (secondary N) is 2. The first-order chi connectivity index (χ1) is 13.3. The second-order valence-electron chi connectivity index (χ2n) is 5.76. The third-order valence-electron chi connectivity index (χ3n) is 3.75. The molecule has 1 aromatic heterocycles. The molecule has 142 valence electrons. The Bertz CT molecular complexity index is 1070. The van der Waals surface area contributed by atoms with Gasteiger partial charge in [0, 0.05) is 36.6 Å². The summed E-state index contributed by atoms with van der Waals surface area (Å²) in [6.45, 7) is 1.29. The zero-order valence-electron chi connectivity index (χ0n) is 14.5. The Kier molecular flexibility index (Phi) is 5.12. The Morgan fingerprint density at radius 1 is 1.18 bits per heavy atom. The summed E-state index contributed by atoms with van der Waals surface area (Å²) in [5.41, 5.74) is 0.0270. The molecule has 0 aliphatic carbocycles. The Balaban J connectivity index is 1.90. The maximum atomic E-state index is 14.0. The smallest absolute Gasteiger partial charge is 0.294 e. The molecule has 0 saturated carbocycles. The van der Waals surface area contributed by atoms with E-state index in [1.54, 1.807) is 0 Å². The third kappa shape index (κ3) is 4.01. The molecule has 2 amide bonds. The van der Waals surface area contributed by atoms with Crippen molar-refractivity contribution >= 4 is 28.9 Å². The van der Waals surface area contributed by atoms with E-state index in [9.17, 15) is 24.1 Å². The van der Waals surface area contributed by atoms with Crippen LogP contribution in [0, 0.1) is 15.9 Å². The summed E-state index contributed by atoms with van der Waals surface area (Å²) < 4.78 is 15.4. The molecule has 0 bridgehead atoms. The lowest BCUT2D eigenvalue weighted by Gasteiger charge is -2.10. The Labute approximate surface area is 158 Å². The van der Waals surface area contributed by atoms with E-state index >= 15 is 0 Å². The van der Waals surface area contributed by atoms with Crippen molar-refractivity contribution in [3.8, 4) is 5.69 Å². The molecule has 2 N–H and O–H groups in total. The minimum absolute atomic E-state index is 0.0279. The minimum Gasteiger partial charge on any atom is -0.326 e. The highest BCUT2D eigenvalue weighted by Crippen LogP contribution is 2.25. The molecule has 0 spiro atoms. The van der Waals surface area contributed by atoms with Gasteiger partial charge in [0.25, 0.3) is 11.6 Å². The number of anilines is 2. The summed E-state index contributed by atoms with van der Waals surface area (Å²) in [6, 6.07) is 7.57. The molecule has 9 nitrogen and oxygen atoms in total. The molecular weight excluding hydrogens is 369 g/mol. The van der Waals surface area contributed by atoms with Gasteiger partial charge in [-0.15, -0.1) is 0 Å². The minimum atomic E-state index is -0.737. The maximum absolute atomic E-state index is 14.0. The quantitative estimate of drug-likeness (QED) is 0.518. The Morgan fingerprint density at radius 2 is 1.96 bits per heavy atom. The number of nitrogens with zero attached hydrogens (tertiary/aromatic N) is 3. The van der Waals surface area contributed by atoms with Gasteiger partial charge in [0.2, 0.25) is 5.91 Å². The van der Waals surface area contributed by atoms with Gasteiger partial charge < -0.3 is 15.2 Å². The topological polar surface area (TPSA) is 119 Å². The van der Waals surface area contributed by atoms with Crippen molar-refractivity contribution in [2.45, 2.75) is 6.92 Å². The molecule has 2 aromatic carbocycles. The number of nitro benzene ring substituents is 1. The number of nitro groups is 1. The second kappa shape index (κ2) is 7.66. The number of hydrogen-bond donors (Lipinski definition) is 2. The van der Waals surface area contributed by atoms with Gasteiger partial charge in [-0.05, 0) is 30.3 Å². The number of carbonyl (C=O) groups is 2. The number of imidazole rings is 1. The zero-order valence-corrected chi connectivity index (χ0v) is 14.5. The summed E-state index contributed by atoms with van der Waals surface area (Å²) in [6.07, 6.45) is 4.39. The van der Waals surface area contributed by atoms with Crippen molar-refractivity contribution in [3.63, 3.8) is 0 Å². The molecule has 0 aliphatic heterocycles. The SMILES string of the molecule is CC(=O)Nc1ccc(F)c(NC(=O)c2ccc(-n3ccnc3)c([N+](=O)[O-])c2)c1. The van der Waals surface area contributed by atoms with Gasteiger partial charge in [0.15, 0.2) is 0 Å². The Hall–Kier alpha value is -4.08. The third-order valence-corrected chi connectivity index (χ3v) is 3.75. The van der Waals surface area contributed by atoms with Crippen LogP contribution < -0.4 is 10.6 Å². The van der Waals surface area contributed by atoms with Crippen LogP contribution in [0.1, 0.15) is 17.3 Å². The number of aromatic nitrogens is 2. The van der Waals surface area contributed by atoms with Crippen LogP contribution in [0.3, 0.4) is 0 Å². The number of rotatable bonds is 5. The van der Waals surface area contributed by atoms with Gasteiger partial charge in [-0.2, -0.15) is 0 Å². The van der Waals surface area contributed by atoms with Crippen LogP contribution in [0.5, 0.6) is 0 Å². The standard InChI is InChI=1S/C18H14FN5O4/c1-11(25)21-13-3-4-14(19)15(9-13)22-18(26)12-2-5-16(17(8-12)24(27)28)23-7-6-20-10-23/h2-10H,1H3,(H,21,25)(H,22,26). The molecule has 3 aromatic rings. The van der Waals surface area contributed by atoms with E-state index < -0.39 is 16.6 Å². The van der Waals surface area contributed by atoms with Crippen molar-refractivity contribution in [2.75, 3.05) is 10.6 Å². The lowest BCUT2D eigenvalue weighted by Crippen LogP contribution is -2.14. The first kappa shape index (κ1) is 18.7. The highest BCUT2D eigenvalue weighted by Gasteiger charge is 2.19. The second-order valence-corrected chi connectivity index (χ2v) is 5.76. The molecule has 0 unspecified atom stereocenters. The van der Waals surface area contributed by atoms with Crippen LogP contribution in [-0.4, -0.2) is 26.3 Å². The highest BCUT2D eigenvalue weighted by molar-refractivity contribution is 6.05. The Morgan fingerprint density at radius 3 is 2.61 bits per heavy atom. The van der Waals surface area contributed by atoms with Crippen molar-refractivity contribution in [1.29, 1.82) is 0 Å². The normalized spacial score (nSPS) is 10.4. The summed E-state index contributed by atoms with van der Waals surface area (Å²) >= 11 is 0. The maximum Gasteiger partial charge on any atom is 0.294 e. The molecule has 1 heterocycles. The monoisotopic (exact) mass is 383 g/mol. The average molecular weight is 383 g/mol. The van der Waals surface area contributed by atoms with E-state index in [0.717, 1.165) is 12.1 Å². The summed E-state index contributed by atoms with van der Waals surface area (Å²) in [4.78, 5) is 38.2. The van der Waals surface area contributed by atoms with Crippen molar-refractivity contribution < 1.29 is 18.9 Å². The van der Waals surface area contributed by atoms with Gasteiger partial charge >= 0.3 is 0 Å². The van der Waals surface area contributed by atoms with Crippen molar-refractivity contribution in [3.05, 3.63) is 76.6 Å². The molecule has 3 rings (SSSR count). The van der Waals surface area contributed by atoms with E-state index in [4.69, 9.17) is 0 Å². The largest absolute Gasteiger partial charge is 0.326 e. The molecule has 0 fully saturated rings. The molecule has 10 heteroatoms. The van der Waals surface area contributed by atoms with Gasteiger partial charge in [0.05, 0.1) is 16.9 Å². The van der Waals surface area contributed by atoms with Crippen LogP contribution in [0.15, 0.2) is 55.1 Å². The van der Waals surface area contributed by atoms with Gasteiger partial charge in [0.1, 0.15) is 11.5 Å². The lowest BCUT2D eigenvalue weighted by molar-refractivity contribution is -0.384. The average Bonchev–Trinajstić information content (AvgIpc) is 3.18. The highest BCUT2D eigenvalue weighted by atomic mass is 19.1. The van der Waals surface area contributed by atoms with Crippen LogP contribution in [0.25, 0.3) is 5.69 Å². The first-order valence-corrected chi connectivity index (χ1v) is 8.00. The number of halogens is 1. The van der Waals surface area contributed by atoms with Crippen LogP contribution in [0.4, 0.5) is 21.5 Å². The molecule has 0 atom stereocenters. The fourth-order valence-corrected chi connectivity index (χ4v) is 2.53. The number of carbonyl (C=O) groups excluding carboxylic acids is 2. The molecular formula is C18H14FN5O4. The fraction of sp³-hybridized carbons (Fsp3) is 0.0556. The van der Waals surface area contributed by atoms with Crippen molar-refractivity contribution in [2.24, 2.45) is 0 Å². The predicted octanol–water partition coefficient (Wildman–Crippen LogP) is 3.13. The van der Waals surface area contributed by atoms with Crippen LogP contribution in [-0.2, 0) is 4.79 Å². The van der Waals surface area contributed by atoms with E-state index in [2.05, 4.69) is 15.6 Å². The molecule has 28 heavy (non-hydrogen) atoms. The van der Waals surface area contributed by atoms with Crippen LogP contribution >= 0.6 is 0 Å². The number of benzene rings is 2. The lowest BCUT2D eigenvalue weighted by atomic mass is 10.1. The van der Waals surface area contributed by atoms with Gasteiger partial charge in [-0.3, -0.25) is 19.7 Å². The van der Waals surface area contributed by atoms with Gasteiger partial charge in [-0.25, -0.2) is 9.37 Å². The summed E-state index contributed by atoms with van der Waals surface area (Å²) in [5.74, 6) is -1.80.